The van der Waals surface area contributed by atoms with Crippen molar-refractivity contribution in [3.05, 3.63) is 43.9 Å². The maximum Gasteiger partial charge on any atom is 2.00 e. The van der Waals surface area contributed by atoms with Gasteiger partial charge in [-0.3, -0.25) is 6.58 Å². The fraction of sp³-hybridized carbons (Fsp3) is 0.125. The van der Waals surface area contributed by atoms with Gasteiger partial charge in [-0.25, -0.2) is 31.2 Å². The molecule has 0 saturated carbocycles. The van der Waals surface area contributed by atoms with E-state index in [9.17, 15) is 0 Å². The molecule has 0 aliphatic rings. The molecule has 0 rings (SSSR count). The van der Waals surface area contributed by atoms with Gasteiger partial charge in [-0.15, -0.1) is 0 Å². The molecule has 0 aromatic rings. The molecule has 0 aromatic heterocycles. The van der Waals surface area contributed by atoms with E-state index in [1.54, 1.807) is 12.2 Å². The van der Waals surface area contributed by atoms with E-state index in [2.05, 4.69) is 6.92 Å². The summed E-state index contributed by atoms with van der Waals surface area (Å²) < 4.78 is 0. The minimum atomic E-state index is 0. The molecule has 0 unspecified atom stereocenters. The second kappa shape index (κ2) is 10.6. The van der Waals surface area contributed by atoms with Crippen molar-refractivity contribution >= 4 is 0 Å². The molecule has 0 aliphatic carbocycles. The summed E-state index contributed by atoms with van der Waals surface area (Å²) in [6.07, 6.45) is 9.91. The molecule has 9 heavy (non-hydrogen) atoms. The summed E-state index contributed by atoms with van der Waals surface area (Å²) >= 11 is 0. The van der Waals surface area contributed by atoms with E-state index in [1.807, 2.05) is 12.2 Å². The number of hydrogen-bond acceptors (Lipinski definition) is 0. The van der Waals surface area contributed by atoms with Gasteiger partial charge in [0.05, 0.1) is 0 Å². The van der Waals surface area contributed by atoms with E-state index in [0.717, 1.165) is 6.42 Å². The Kier molecular flexibility index (Phi) is 13.4. The van der Waals surface area contributed by atoms with Gasteiger partial charge in [-0.1, -0.05) is 6.42 Å². The summed E-state index contributed by atoms with van der Waals surface area (Å²) in [5.41, 5.74) is 0. The van der Waals surface area contributed by atoms with Crippen molar-refractivity contribution in [2.45, 2.75) is 6.42 Å². The first-order valence-corrected chi connectivity index (χ1v) is 2.56. The summed E-state index contributed by atoms with van der Waals surface area (Å²) in [4.78, 5) is 0. The van der Waals surface area contributed by atoms with E-state index >= 15 is 0 Å². The molecule has 0 nitrogen and oxygen atoms in total. The average Bonchev–Trinajstić information content (AvgIpc) is 1.81. The van der Waals surface area contributed by atoms with Crippen LogP contribution in [0.1, 0.15) is 6.42 Å². The third kappa shape index (κ3) is 11.3. The monoisotopic (exact) mass is 165 g/mol. The average molecular weight is 165 g/mol. The maximum atomic E-state index is 5.06. The van der Waals surface area contributed by atoms with Gasteiger partial charge in [0.1, 0.15) is 0 Å². The Morgan fingerprint density at radius 1 is 1.33 bits per heavy atom. The Morgan fingerprint density at radius 2 is 2.00 bits per heavy atom. The van der Waals surface area contributed by atoms with Gasteiger partial charge in [0.25, 0.3) is 0 Å². The molecule has 0 saturated heterocycles. The molecule has 0 amide bonds. The molecular formula is C8H10Co. The van der Waals surface area contributed by atoms with Gasteiger partial charge in [0.15, 0.2) is 0 Å². The minimum absolute atomic E-state index is 0. The van der Waals surface area contributed by atoms with Crippen molar-refractivity contribution in [2.24, 2.45) is 0 Å². The normalized spacial score (nSPS) is 9.78. The topological polar surface area (TPSA) is 0 Å². The van der Waals surface area contributed by atoms with Crippen LogP contribution < -0.4 is 0 Å². The van der Waals surface area contributed by atoms with Gasteiger partial charge in [-0.05, 0) is 0 Å². The van der Waals surface area contributed by atoms with Gasteiger partial charge in [0.2, 0.25) is 0 Å². The van der Waals surface area contributed by atoms with Crippen LogP contribution in [0.3, 0.4) is 0 Å². The molecule has 0 atom stereocenters. The molecular weight excluding hydrogens is 155 g/mol. The fourth-order valence-corrected chi connectivity index (χ4v) is 0.332. The van der Waals surface area contributed by atoms with Crippen LogP contribution in [0, 0.1) is 13.5 Å². The summed E-state index contributed by atoms with van der Waals surface area (Å²) in [6.45, 7) is 8.59. The third-order valence-corrected chi connectivity index (χ3v) is 0.686. The molecule has 0 aromatic carbocycles. The van der Waals surface area contributed by atoms with E-state index in [1.165, 1.54) is 6.08 Å². The predicted molar refractivity (Wildman–Crippen MR) is 37.1 cm³/mol. The summed E-state index contributed by atoms with van der Waals surface area (Å²) in [7, 11) is 0. The Hall–Kier alpha value is -0.404. The second-order valence-electron chi connectivity index (χ2n) is 1.33. The molecule has 1 heteroatoms. The Labute approximate surface area is 67.5 Å². The van der Waals surface area contributed by atoms with Crippen LogP contribution in [-0.4, -0.2) is 0 Å². The van der Waals surface area contributed by atoms with Crippen LogP contribution in [0.4, 0.5) is 0 Å². The van der Waals surface area contributed by atoms with E-state index < -0.39 is 0 Å². The summed E-state index contributed by atoms with van der Waals surface area (Å²) in [5, 5.41) is 0. The van der Waals surface area contributed by atoms with Crippen molar-refractivity contribution in [2.75, 3.05) is 0 Å². The van der Waals surface area contributed by atoms with E-state index in [4.69, 9.17) is 6.58 Å². The minimum Gasteiger partial charge on any atom is -0.293 e. The zero-order chi connectivity index (χ0) is 6.24. The molecule has 0 spiro atoms. The zero-order valence-electron chi connectivity index (χ0n) is 5.21. The van der Waals surface area contributed by atoms with Gasteiger partial charge in [0, 0.05) is 0 Å². The standard InChI is InChI=1S/C8H10.Co/c1-3-5-7-8-6-4-2;/h1,3-7H,2,8H2;/q-2;+2/b6-4-,7-5-;. The number of hydrogen-bond donors (Lipinski definition) is 0. The van der Waals surface area contributed by atoms with Gasteiger partial charge >= 0.3 is 16.8 Å². The van der Waals surface area contributed by atoms with Crippen LogP contribution in [0.15, 0.2) is 30.4 Å². The summed E-state index contributed by atoms with van der Waals surface area (Å²) in [5.74, 6) is 0. The van der Waals surface area contributed by atoms with Crippen molar-refractivity contribution in [1.82, 2.24) is 0 Å². The van der Waals surface area contributed by atoms with Crippen LogP contribution >= 0.6 is 0 Å². The fourth-order valence-electron chi connectivity index (χ4n) is 0.332. The smallest absolute Gasteiger partial charge is 0.293 e. The Bertz CT molecular complexity index is 101. The quantitative estimate of drug-likeness (QED) is 0.444. The second-order valence-corrected chi connectivity index (χ2v) is 1.33. The van der Waals surface area contributed by atoms with Crippen molar-refractivity contribution in [3.63, 3.8) is 0 Å². The molecule has 0 aliphatic heterocycles. The first-order chi connectivity index (χ1) is 3.91. The van der Waals surface area contributed by atoms with Crippen LogP contribution in [0.25, 0.3) is 0 Å². The van der Waals surface area contributed by atoms with E-state index in [0.29, 0.717) is 0 Å². The van der Waals surface area contributed by atoms with Gasteiger partial charge < -0.3 is 0 Å². The van der Waals surface area contributed by atoms with Crippen LogP contribution in [0.5, 0.6) is 0 Å². The van der Waals surface area contributed by atoms with Crippen LogP contribution in [0.2, 0.25) is 0 Å². The van der Waals surface area contributed by atoms with Crippen molar-refractivity contribution in [1.29, 1.82) is 0 Å². The SMILES string of the molecule is [CH-]=C/C=C\C/C=C\[CH2-].[Co+2]. The number of rotatable bonds is 3. The molecule has 51 valence electrons. The molecule has 0 fully saturated rings. The Balaban J connectivity index is 0. The van der Waals surface area contributed by atoms with Gasteiger partial charge in [-0.2, -0.15) is 6.08 Å². The van der Waals surface area contributed by atoms with Crippen molar-refractivity contribution in [3.8, 4) is 0 Å². The first-order valence-electron chi connectivity index (χ1n) is 2.56. The van der Waals surface area contributed by atoms with E-state index in [-0.39, 0.29) is 16.8 Å². The maximum absolute atomic E-state index is 5.06. The Morgan fingerprint density at radius 3 is 2.44 bits per heavy atom. The number of allylic oxidation sites excluding steroid dienone is 5. The van der Waals surface area contributed by atoms with Crippen LogP contribution in [-0.2, 0) is 16.8 Å². The molecule has 0 heterocycles. The molecule has 0 N–H and O–H groups in total. The largest absolute Gasteiger partial charge is 2.00 e. The summed E-state index contributed by atoms with van der Waals surface area (Å²) in [6, 6.07) is 0. The molecule has 0 bridgehead atoms. The zero-order valence-corrected chi connectivity index (χ0v) is 6.25. The molecule has 1 radical (unpaired) electrons. The van der Waals surface area contributed by atoms with Crippen molar-refractivity contribution < 1.29 is 16.8 Å². The predicted octanol–water partition coefficient (Wildman–Crippen LogP) is 2.31. The third-order valence-electron chi connectivity index (χ3n) is 0.686. The first kappa shape index (κ1) is 11.4.